The number of phenolic OH excluding ortho intramolecular Hbond substituents is 1. The summed E-state index contributed by atoms with van der Waals surface area (Å²) in [5.41, 5.74) is 3.97. The van der Waals surface area contributed by atoms with Crippen LogP contribution in [0.2, 0.25) is 0 Å². The molecule has 0 saturated carbocycles. The molecule has 0 amide bonds. The first-order chi connectivity index (χ1) is 15.5. The molecule has 2 heterocycles. The molecule has 4 rings (SSSR count). The van der Waals surface area contributed by atoms with E-state index in [4.69, 9.17) is 9.72 Å². The van der Waals surface area contributed by atoms with Crippen LogP contribution in [0.3, 0.4) is 0 Å². The molecule has 2 aromatic carbocycles. The van der Waals surface area contributed by atoms with Crippen molar-refractivity contribution in [3.8, 4) is 34.5 Å². The van der Waals surface area contributed by atoms with Gasteiger partial charge in [-0.3, -0.25) is 0 Å². The second kappa shape index (κ2) is 8.50. The van der Waals surface area contributed by atoms with E-state index in [0.29, 0.717) is 35.6 Å². The van der Waals surface area contributed by atoms with Crippen LogP contribution in [0.5, 0.6) is 11.6 Å². The van der Waals surface area contributed by atoms with Crippen molar-refractivity contribution in [1.82, 2.24) is 19.9 Å². The minimum atomic E-state index is -0.237. The molecule has 2 aliphatic rings. The number of ether oxygens (including phenoxy) is 1. The largest absolute Gasteiger partial charge is 0.507 e. The first-order valence-electron chi connectivity index (χ1n) is 11.3. The van der Waals surface area contributed by atoms with Gasteiger partial charge in [0.15, 0.2) is 11.5 Å². The summed E-state index contributed by atoms with van der Waals surface area (Å²) in [6.07, 6.45) is 2.28. The van der Waals surface area contributed by atoms with Gasteiger partial charge in [-0.2, -0.15) is 0 Å². The second-order valence-corrected chi connectivity index (χ2v) is 10.5. The van der Waals surface area contributed by atoms with E-state index in [1.165, 1.54) is 11.9 Å². The lowest BCUT2D eigenvalue weighted by atomic mass is 9.78. The lowest BCUT2D eigenvalue weighted by Gasteiger charge is -2.28. The van der Waals surface area contributed by atoms with Gasteiger partial charge in [0.2, 0.25) is 5.88 Å². The Morgan fingerprint density at radius 2 is 1.55 bits per heavy atom. The third kappa shape index (κ3) is 4.85. The number of rotatable bonds is 5. The molecule has 33 heavy (non-hydrogen) atoms. The number of nitrogens with zero attached hydrogens (tertiary/aromatic N) is 3. The molecular weight excluding hydrogens is 412 g/mol. The maximum atomic E-state index is 11.1. The van der Waals surface area contributed by atoms with Gasteiger partial charge in [0.25, 0.3) is 0 Å². The minimum Gasteiger partial charge on any atom is -0.507 e. The van der Waals surface area contributed by atoms with Crippen LogP contribution in [0.25, 0.3) is 22.9 Å². The summed E-state index contributed by atoms with van der Waals surface area (Å²) in [5.74, 6) is 2.05. The maximum Gasteiger partial charge on any atom is 0.223 e. The van der Waals surface area contributed by atoms with Gasteiger partial charge in [-0.1, -0.05) is 71.9 Å². The summed E-state index contributed by atoms with van der Waals surface area (Å²) in [4.78, 5) is 16.7. The van der Waals surface area contributed by atoms with Gasteiger partial charge in [-0.15, -0.1) is 0 Å². The molecule has 2 N–H and O–H groups in total. The van der Waals surface area contributed by atoms with Crippen molar-refractivity contribution in [2.24, 2.45) is 0 Å². The molecule has 0 radical (unpaired) electrons. The lowest BCUT2D eigenvalue weighted by Crippen LogP contribution is -2.17. The van der Waals surface area contributed by atoms with E-state index in [2.05, 4.69) is 68.6 Å². The predicted molar refractivity (Wildman–Crippen MR) is 131 cm³/mol. The Hall–Kier alpha value is -3.41. The quantitative estimate of drug-likeness (QED) is 0.401. The van der Waals surface area contributed by atoms with Crippen LogP contribution in [-0.4, -0.2) is 31.6 Å². The van der Waals surface area contributed by atoms with Gasteiger partial charge in [0, 0.05) is 23.1 Å². The molecule has 2 aliphatic heterocycles. The predicted octanol–water partition coefficient (Wildman–Crippen LogP) is 5.89. The molecule has 0 spiro atoms. The van der Waals surface area contributed by atoms with E-state index < -0.39 is 0 Å². The molecule has 0 aromatic heterocycles. The monoisotopic (exact) mass is 444 g/mol. The third-order valence-electron chi connectivity index (χ3n) is 5.72. The zero-order valence-electron chi connectivity index (χ0n) is 20.2. The Morgan fingerprint density at radius 1 is 0.909 bits per heavy atom. The average Bonchev–Trinajstić information content (AvgIpc) is 3.22. The number of hydrogen-bond donors (Lipinski definition) is 2. The van der Waals surface area contributed by atoms with Gasteiger partial charge in [-0.05, 0) is 28.5 Å². The van der Waals surface area contributed by atoms with Crippen LogP contribution in [0, 0.1) is 0 Å². The van der Waals surface area contributed by atoms with E-state index in [9.17, 15) is 5.11 Å². The summed E-state index contributed by atoms with van der Waals surface area (Å²) in [7, 11) is 0. The summed E-state index contributed by atoms with van der Waals surface area (Å²) >= 11 is 0. The fourth-order valence-electron chi connectivity index (χ4n) is 3.87. The molecule has 2 aromatic rings. The Labute approximate surface area is 195 Å². The van der Waals surface area contributed by atoms with Crippen molar-refractivity contribution in [2.45, 2.75) is 58.8 Å². The van der Waals surface area contributed by atoms with Crippen molar-refractivity contribution in [1.29, 1.82) is 0 Å². The number of aromatic amines is 1. The van der Waals surface area contributed by atoms with E-state index >= 15 is 0 Å². The summed E-state index contributed by atoms with van der Waals surface area (Å²) in [5, 5.41) is 11.1. The van der Waals surface area contributed by atoms with E-state index in [1.807, 2.05) is 30.3 Å². The number of benzene rings is 2. The molecule has 0 fully saturated rings. The SMILES string of the molecule is CC(C)(C)c1cc(-c2nc3ncnc-3c(OCCc3ccccc3)[nH]2)cc(C(C)(C)C)c1O. The Morgan fingerprint density at radius 3 is 2.15 bits per heavy atom. The van der Waals surface area contributed by atoms with Crippen LogP contribution in [0.1, 0.15) is 58.2 Å². The van der Waals surface area contributed by atoms with Crippen LogP contribution in [-0.2, 0) is 17.3 Å². The number of phenols is 1. The summed E-state index contributed by atoms with van der Waals surface area (Å²) < 4.78 is 6.12. The normalized spacial score (nSPS) is 12.3. The molecule has 172 valence electrons. The van der Waals surface area contributed by atoms with Gasteiger partial charge in [0.05, 0.1) is 6.61 Å². The van der Waals surface area contributed by atoms with Crippen molar-refractivity contribution < 1.29 is 9.84 Å². The number of fused-ring (bicyclic) bond motifs is 1. The number of nitrogens with one attached hydrogen (secondary N) is 1. The highest BCUT2D eigenvalue weighted by molar-refractivity contribution is 5.68. The fraction of sp³-hybridized carbons (Fsp3) is 0.370. The lowest BCUT2D eigenvalue weighted by molar-refractivity contribution is 0.310. The highest BCUT2D eigenvalue weighted by atomic mass is 16.5. The number of H-pyrrole nitrogens is 1. The summed E-state index contributed by atoms with van der Waals surface area (Å²) in [6, 6.07) is 14.2. The standard InChI is InChI=1S/C27H32N4O2/c1-26(2,3)19-14-18(15-20(22(19)32)27(4,5)6)23-30-24-21(28-16-29-24)25(31-23)33-13-12-17-10-8-7-9-11-17/h7-11,14-16,32H,12-13H2,1-6H3,(H,28,29,30,31). The second-order valence-electron chi connectivity index (χ2n) is 10.5. The van der Waals surface area contributed by atoms with Gasteiger partial charge in [0.1, 0.15) is 17.9 Å². The van der Waals surface area contributed by atoms with Crippen LogP contribution in [0.15, 0.2) is 48.8 Å². The zero-order chi connectivity index (χ0) is 23.8. The smallest absolute Gasteiger partial charge is 0.223 e. The van der Waals surface area contributed by atoms with Crippen molar-refractivity contribution in [2.75, 3.05) is 6.61 Å². The average molecular weight is 445 g/mol. The topological polar surface area (TPSA) is 83.9 Å². The number of aromatic hydroxyl groups is 1. The van der Waals surface area contributed by atoms with E-state index in [0.717, 1.165) is 23.1 Å². The van der Waals surface area contributed by atoms with Gasteiger partial charge >= 0.3 is 0 Å². The van der Waals surface area contributed by atoms with Crippen molar-refractivity contribution in [3.63, 3.8) is 0 Å². The Kier molecular flexibility index (Phi) is 5.87. The number of hydrogen-bond acceptors (Lipinski definition) is 5. The van der Waals surface area contributed by atoms with E-state index in [-0.39, 0.29) is 10.8 Å². The van der Waals surface area contributed by atoms with E-state index in [1.54, 1.807) is 0 Å². The van der Waals surface area contributed by atoms with Gasteiger partial charge < -0.3 is 14.8 Å². The molecule has 0 saturated heterocycles. The third-order valence-corrected chi connectivity index (χ3v) is 5.72. The number of aromatic nitrogens is 4. The molecule has 6 heteroatoms. The Balaban J connectivity index is 1.76. The highest BCUT2D eigenvalue weighted by Crippen LogP contribution is 2.42. The maximum absolute atomic E-state index is 11.1. The summed E-state index contributed by atoms with van der Waals surface area (Å²) in [6.45, 7) is 13.1. The van der Waals surface area contributed by atoms with Gasteiger partial charge in [-0.25, -0.2) is 15.0 Å². The van der Waals surface area contributed by atoms with Crippen molar-refractivity contribution in [3.05, 3.63) is 65.5 Å². The molecule has 6 nitrogen and oxygen atoms in total. The molecule has 0 unspecified atom stereocenters. The molecular formula is C27H32N4O2. The zero-order valence-corrected chi connectivity index (χ0v) is 20.2. The van der Waals surface area contributed by atoms with Crippen LogP contribution >= 0.6 is 0 Å². The highest BCUT2D eigenvalue weighted by Gasteiger charge is 2.28. The van der Waals surface area contributed by atoms with Crippen LogP contribution < -0.4 is 4.74 Å². The van der Waals surface area contributed by atoms with Crippen molar-refractivity contribution >= 4 is 0 Å². The number of imidazole rings is 1. The minimum absolute atomic E-state index is 0.237. The molecule has 0 aliphatic carbocycles. The first-order valence-corrected chi connectivity index (χ1v) is 11.3. The fourth-order valence-corrected chi connectivity index (χ4v) is 3.87. The van der Waals surface area contributed by atoms with Crippen LogP contribution in [0.4, 0.5) is 0 Å². The molecule has 0 bridgehead atoms. The first kappa shape index (κ1) is 22.8. The Bertz CT molecular complexity index is 1180. The molecule has 0 atom stereocenters.